The van der Waals surface area contributed by atoms with E-state index in [0.717, 1.165) is 28.9 Å². The molecule has 0 atom stereocenters. The van der Waals surface area contributed by atoms with Gasteiger partial charge < -0.3 is 10.1 Å². The molecule has 0 fully saturated rings. The topological polar surface area (TPSA) is 88.6 Å². The van der Waals surface area contributed by atoms with Crippen LogP contribution in [0.4, 0.5) is 16.0 Å². The predicted octanol–water partition coefficient (Wildman–Crippen LogP) is 4.90. The molecule has 148 valence electrons. The van der Waals surface area contributed by atoms with Gasteiger partial charge in [0.25, 0.3) is 0 Å². The van der Waals surface area contributed by atoms with Crippen molar-refractivity contribution in [2.75, 3.05) is 5.32 Å². The number of nitrogens with zero attached hydrogens (tertiary/aromatic N) is 4. The van der Waals surface area contributed by atoms with E-state index in [0.29, 0.717) is 17.2 Å². The van der Waals surface area contributed by atoms with E-state index >= 15 is 0 Å². The minimum atomic E-state index is -0.384. The number of anilines is 2. The fourth-order valence-electron chi connectivity index (χ4n) is 3.35. The van der Waals surface area contributed by atoms with E-state index in [1.54, 1.807) is 18.3 Å². The van der Waals surface area contributed by atoms with Crippen molar-refractivity contribution in [3.8, 4) is 23.0 Å². The van der Waals surface area contributed by atoms with Crippen molar-refractivity contribution in [2.45, 2.75) is 13.3 Å². The molecule has 0 aliphatic heterocycles. The van der Waals surface area contributed by atoms with Crippen LogP contribution in [0.1, 0.15) is 18.1 Å². The number of hydrogen-bond acceptors (Lipinski definition) is 6. The molecule has 3 heterocycles. The van der Waals surface area contributed by atoms with Crippen LogP contribution in [-0.4, -0.2) is 25.1 Å². The first-order chi connectivity index (χ1) is 14.7. The Morgan fingerprint density at radius 1 is 1.07 bits per heavy atom. The Hall–Kier alpha value is -4.07. The quantitative estimate of drug-likeness (QED) is 0.496. The van der Waals surface area contributed by atoms with Crippen LogP contribution in [0.25, 0.3) is 17.5 Å². The number of fused-ring (bicyclic) bond motifs is 1. The number of H-pyrrole nitrogens is 1. The maximum absolute atomic E-state index is 14.8. The van der Waals surface area contributed by atoms with Crippen molar-refractivity contribution in [3.05, 3.63) is 77.5 Å². The van der Waals surface area contributed by atoms with Gasteiger partial charge in [-0.05, 0) is 37.1 Å². The van der Waals surface area contributed by atoms with E-state index in [4.69, 9.17) is 4.74 Å². The summed E-state index contributed by atoms with van der Waals surface area (Å²) >= 11 is 0. The highest BCUT2D eigenvalue weighted by Crippen LogP contribution is 2.34. The largest absolute Gasteiger partial charge is 0.436 e. The number of nitrogens with one attached hydrogen (secondary N) is 2. The van der Waals surface area contributed by atoms with Gasteiger partial charge in [0.05, 0.1) is 11.4 Å². The SMILES string of the molecule is CC1=Cc2c(ccc(Oc3cc(Nc4cc(-c5ccccn5)[nH]n4)ncn3)c2F)C1. The van der Waals surface area contributed by atoms with Crippen molar-refractivity contribution in [1.29, 1.82) is 0 Å². The zero-order valence-corrected chi connectivity index (χ0v) is 16.1. The first kappa shape index (κ1) is 18.0. The van der Waals surface area contributed by atoms with E-state index in [9.17, 15) is 4.39 Å². The molecule has 0 saturated carbocycles. The normalized spacial score (nSPS) is 12.4. The second-order valence-electron chi connectivity index (χ2n) is 6.97. The zero-order chi connectivity index (χ0) is 20.5. The number of allylic oxidation sites excluding steroid dienone is 1. The summed E-state index contributed by atoms with van der Waals surface area (Å²) in [7, 11) is 0. The number of pyridine rings is 1. The Morgan fingerprint density at radius 3 is 2.87 bits per heavy atom. The molecule has 4 aromatic rings. The van der Waals surface area contributed by atoms with Crippen LogP contribution in [-0.2, 0) is 6.42 Å². The number of hydrogen-bond donors (Lipinski definition) is 2. The van der Waals surface area contributed by atoms with Gasteiger partial charge in [-0.15, -0.1) is 0 Å². The van der Waals surface area contributed by atoms with Crippen LogP contribution >= 0.6 is 0 Å². The fraction of sp³-hybridized carbons (Fsp3) is 0.0909. The van der Waals surface area contributed by atoms with Gasteiger partial charge in [0.2, 0.25) is 5.88 Å². The van der Waals surface area contributed by atoms with E-state index < -0.39 is 0 Å². The lowest BCUT2D eigenvalue weighted by Crippen LogP contribution is -1.98. The van der Waals surface area contributed by atoms with Crippen molar-refractivity contribution >= 4 is 17.7 Å². The molecule has 2 N–H and O–H groups in total. The Kier molecular flexibility index (Phi) is 4.44. The number of ether oxygens (including phenoxy) is 1. The lowest BCUT2D eigenvalue weighted by atomic mass is 10.1. The lowest BCUT2D eigenvalue weighted by Gasteiger charge is -2.09. The number of aromatic amines is 1. The van der Waals surface area contributed by atoms with Gasteiger partial charge in [-0.2, -0.15) is 5.10 Å². The summed E-state index contributed by atoms with van der Waals surface area (Å²) in [6.07, 6.45) is 5.67. The highest BCUT2D eigenvalue weighted by molar-refractivity contribution is 5.66. The summed E-state index contributed by atoms with van der Waals surface area (Å²) in [6.45, 7) is 1.98. The smallest absolute Gasteiger partial charge is 0.224 e. The summed E-state index contributed by atoms with van der Waals surface area (Å²) in [5, 5.41) is 10.2. The Bertz CT molecular complexity index is 1250. The number of benzene rings is 1. The molecule has 8 heteroatoms. The molecule has 3 aromatic heterocycles. The van der Waals surface area contributed by atoms with Gasteiger partial charge in [-0.1, -0.05) is 23.8 Å². The zero-order valence-electron chi connectivity index (χ0n) is 16.1. The van der Waals surface area contributed by atoms with Crippen molar-refractivity contribution < 1.29 is 9.13 Å². The van der Waals surface area contributed by atoms with Crippen molar-refractivity contribution in [2.24, 2.45) is 0 Å². The van der Waals surface area contributed by atoms with Crippen LogP contribution in [0, 0.1) is 5.82 Å². The van der Waals surface area contributed by atoms with Gasteiger partial charge in [0, 0.05) is 23.9 Å². The summed E-state index contributed by atoms with van der Waals surface area (Å²) in [5.41, 5.74) is 4.22. The maximum atomic E-state index is 14.8. The Morgan fingerprint density at radius 2 is 2.00 bits per heavy atom. The minimum absolute atomic E-state index is 0.126. The minimum Gasteiger partial charge on any atom is -0.436 e. The van der Waals surface area contributed by atoms with Gasteiger partial charge in [-0.3, -0.25) is 10.1 Å². The summed E-state index contributed by atoms with van der Waals surface area (Å²) in [4.78, 5) is 12.5. The summed E-state index contributed by atoms with van der Waals surface area (Å²) in [6, 6.07) is 12.5. The van der Waals surface area contributed by atoms with E-state index in [2.05, 4.69) is 30.5 Å². The van der Waals surface area contributed by atoms with Gasteiger partial charge in [0.1, 0.15) is 12.1 Å². The first-order valence-corrected chi connectivity index (χ1v) is 9.38. The average molecular weight is 400 g/mol. The van der Waals surface area contributed by atoms with Crippen molar-refractivity contribution in [1.82, 2.24) is 25.1 Å². The van der Waals surface area contributed by atoms with Crippen LogP contribution in [0.15, 0.2) is 60.6 Å². The molecule has 0 saturated heterocycles. The molecule has 0 bridgehead atoms. The molecule has 1 aliphatic rings. The number of rotatable bonds is 5. The third-order valence-electron chi connectivity index (χ3n) is 4.73. The maximum Gasteiger partial charge on any atom is 0.224 e. The average Bonchev–Trinajstić information content (AvgIpc) is 3.38. The van der Waals surface area contributed by atoms with Crippen LogP contribution < -0.4 is 10.1 Å². The molecular formula is C22H17FN6O. The molecule has 5 rings (SSSR count). The molecule has 0 unspecified atom stereocenters. The monoisotopic (exact) mass is 400 g/mol. The van der Waals surface area contributed by atoms with Gasteiger partial charge >= 0.3 is 0 Å². The molecular weight excluding hydrogens is 383 g/mol. The van der Waals surface area contributed by atoms with E-state index in [-0.39, 0.29) is 17.4 Å². The first-order valence-electron chi connectivity index (χ1n) is 9.38. The second kappa shape index (κ2) is 7.40. The third kappa shape index (κ3) is 3.50. The molecule has 1 aliphatic carbocycles. The predicted molar refractivity (Wildman–Crippen MR) is 111 cm³/mol. The second-order valence-corrected chi connectivity index (χ2v) is 6.97. The lowest BCUT2D eigenvalue weighted by molar-refractivity contribution is 0.426. The Labute approximate surface area is 171 Å². The molecule has 0 amide bonds. The molecule has 0 spiro atoms. The van der Waals surface area contributed by atoms with Crippen molar-refractivity contribution in [3.63, 3.8) is 0 Å². The van der Waals surface area contributed by atoms with Crippen LogP contribution in [0.2, 0.25) is 0 Å². The standard InChI is InChI=1S/C22H17FN6O/c1-13-8-14-5-6-18(22(23)15(14)9-13)30-21-11-19(25-12-26-21)27-20-10-17(28-29-20)16-4-2-3-7-24-16/h2-7,9-12H,8H2,1H3,(H2,25,26,27,28,29). The van der Waals surface area contributed by atoms with Crippen LogP contribution in [0.3, 0.4) is 0 Å². The van der Waals surface area contributed by atoms with Crippen LogP contribution in [0.5, 0.6) is 11.6 Å². The Balaban J connectivity index is 1.35. The number of aromatic nitrogens is 5. The van der Waals surface area contributed by atoms with Gasteiger partial charge in [-0.25, -0.2) is 14.4 Å². The highest BCUT2D eigenvalue weighted by Gasteiger charge is 2.18. The summed E-state index contributed by atoms with van der Waals surface area (Å²) in [5.74, 6) is 0.998. The summed E-state index contributed by atoms with van der Waals surface area (Å²) < 4.78 is 20.5. The van der Waals surface area contributed by atoms with E-state index in [1.165, 1.54) is 6.33 Å². The third-order valence-corrected chi connectivity index (χ3v) is 4.73. The molecule has 7 nitrogen and oxygen atoms in total. The number of halogens is 1. The molecule has 0 radical (unpaired) electrons. The van der Waals surface area contributed by atoms with E-state index in [1.807, 2.05) is 43.3 Å². The highest BCUT2D eigenvalue weighted by atomic mass is 19.1. The molecule has 1 aromatic carbocycles. The fourth-order valence-corrected chi connectivity index (χ4v) is 3.35. The van der Waals surface area contributed by atoms with Gasteiger partial charge in [0.15, 0.2) is 17.4 Å². The molecule has 30 heavy (non-hydrogen) atoms.